The van der Waals surface area contributed by atoms with E-state index in [1.54, 1.807) is 62.4 Å². The Morgan fingerprint density at radius 3 is 2.02 bits per heavy atom. The van der Waals surface area contributed by atoms with E-state index >= 15 is 0 Å². The summed E-state index contributed by atoms with van der Waals surface area (Å²) in [7, 11) is 1.97. The number of primary amides is 1. The SMILES string of the molecule is CC1(C)SSC[C@@H](C(=O)N[C@@H](CCCCN)C(=O)N[C@@H](CCCN=C(N)N)C(N)=O)NC(=O)[C@H](Cc2ccccc2)NC(=O)[C@H](CO)NC(=O)CNC(=O)[C@H](Cc2ccc(O)c(I)c2)NC(=O)[C@H]1NC(=O)[C@@H](N)Cc1ccc(O)cc1. The molecule has 3 aromatic carbocycles. The zero-order chi connectivity index (χ0) is 59.8. The summed E-state index contributed by atoms with van der Waals surface area (Å²) < 4.78 is -0.968. The summed E-state index contributed by atoms with van der Waals surface area (Å²) in [5.41, 5.74) is 30.3. The van der Waals surface area contributed by atoms with Crippen LogP contribution in [-0.2, 0) is 62.4 Å². The summed E-state index contributed by atoms with van der Waals surface area (Å²) in [6, 6.07) is 7.46. The Morgan fingerprint density at radius 2 is 1.38 bits per heavy atom. The molecule has 0 aromatic heterocycles. The van der Waals surface area contributed by atoms with Gasteiger partial charge < -0.3 is 86.5 Å². The van der Waals surface area contributed by atoms with E-state index in [0.717, 1.165) is 21.6 Å². The van der Waals surface area contributed by atoms with Gasteiger partial charge in [0.25, 0.3) is 0 Å². The van der Waals surface area contributed by atoms with Gasteiger partial charge in [-0.3, -0.25) is 48.1 Å². The molecule has 0 saturated carbocycles. The molecule has 8 atom stereocenters. The second-order valence-corrected chi connectivity index (χ2v) is 23.7. The zero-order valence-electron chi connectivity index (χ0n) is 44.8. The van der Waals surface area contributed by atoms with E-state index < -0.39 is 119 Å². The number of rotatable bonds is 22. The molecule has 26 nitrogen and oxygen atoms in total. The minimum absolute atomic E-state index is 0.0150. The highest BCUT2D eigenvalue weighted by atomic mass is 127. The molecule has 0 bridgehead atoms. The lowest BCUT2D eigenvalue weighted by Gasteiger charge is -2.35. The maximum Gasteiger partial charge on any atom is 0.245 e. The van der Waals surface area contributed by atoms with Crippen LogP contribution in [0.25, 0.3) is 0 Å². The molecule has 1 aliphatic heterocycles. The number of guanidine groups is 1. The number of nitrogens with two attached hydrogens (primary N) is 5. The highest BCUT2D eigenvalue weighted by Gasteiger charge is 2.41. The average molecular weight is 1280 g/mol. The number of aliphatic hydroxyl groups is 1. The summed E-state index contributed by atoms with van der Waals surface area (Å²) in [5, 5.41) is 51.2. The van der Waals surface area contributed by atoms with Gasteiger partial charge in [-0.2, -0.15) is 0 Å². The first-order chi connectivity index (χ1) is 38.4. The molecule has 21 N–H and O–H groups in total. The predicted octanol–water partition coefficient (Wildman–Crippen LogP) is -2.60. The van der Waals surface area contributed by atoms with E-state index in [9.17, 15) is 58.5 Å². The molecule has 1 aliphatic rings. The predicted molar refractivity (Wildman–Crippen MR) is 314 cm³/mol. The molecule has 0 unspecified atom stereocenters. The molecule has 0 aliphatic carbocycles. The monoisotopic (exact) mass is 1280 g/mol. The van der Waals surface area contributed by atoms with Crippen LogP contribution in [-0.4, -0.2) is 160 Å². The number of carbonyl (C=O) groups is 9. The summed E-state index contributed by atoms with van der Waals surface area (Å²) in [4.78, 5) is 130. The van der Waals surface area contributed by atoms with Crippen LogP contribution in [0.3, 0.4) is 0 Å². The standard InChI is InChI=1S/C52H73IN14O12S2/c1-52(2)42(67-44(73)33(55)22-29-13-16-31(69)17-14-29)50(79)65-36(24-30-15-18-40(70)32(53)21-30)45(74)60-25-41(71)61-38(26-68)48(77)64-37(23-28-9-4-3-5-10-28)47(76)66-39(27-80-81-52)49(78)63-35(11-6-7-19-54)46(75)62-34(43(56)72)12-8-20-59-51(57)58/h3-5,9-10,13-18,21,33-39,42,68-70H,6-8,11-12,19-20,22-27,54-55H2,1-2H3,(H2,56,72)(H,60,74)(H,61,71)(H,62,75)(H,63,78)(H,64,77)(H,65,79)(H,66,76)(H,67,73)(H4,57,58,59)/t33-,34-,35-,36-,37-,38-,39-,42+/m0/s1. The Kier molecular flexibility index (Phi) is 27.2. The normalized spacial score (nSPS) is 20.5. The molecule has 0 spiro atoms. The van der Waals surface area contributed by atoms with Crippen molar-refractivity contribution in [3.63, 3.8) is 0 Å². The maximum absolute atomic E-state index is 14.8. The highest BCUT2D eigenvalue weighted by Crippen LogP contribution is 2.39. The van der Waals surface area contributed by atoms with E-state index in [1.165, 1.54) is 24.3 Å². The van der Waals surface area contributed by atoms with Crippen LogP contribution in [0.1, 0.15) is 62.6 Å². The lowest BCUT2D eigenvalue weighted by Crippen LogP contribution is -2.62. The number of benzene rings is 3. The van der Waals surface area contributed by atoms with Gasteiger partial charge in [0.1, 0.15) is 53.8 Å². The van der Waals surface area contributed by atoms with Crippen molar-refractivity contribution >= 4 is 103 Å². The second kappa shape index (κ2) is 33.1. The van der Waals surface area contributed by atoms with Crippen LogP contribution in [0.5, 0.6) is 11.5 Å². The molecule has 4 rings (SSSR count). The Labute approximate surface area is 490 Å². The number of nitrogens with one attached hydrogen (secondary N) is 8. The van der Waals surface area contributed by atoms with Gasteiger partial charge in [0, 0.05) is 29.9 Å². The minimum Gasteiger partial charge on any atom is -0.508 e. The minimum atomic E-state index is -1.68. The van der Waals surface area contributed by atoms with Crippen LogP contribution in [0.2, 0.25) is 0 Å². The number of aliphatic imine (C=N–C) groups is 1. The van der Waals surface area contributed by atoms with Crippen molar-refractivity contribution in [2.45, 2.75) is 118 Å². The molecule has 1 fully saturated rings. The number of hydrogen-bond donors (Lipinski definition) is 16. The van der Waals surface area contributed by atoms with Crippen LogP contribution < -0.4 is 71.2 Å². The smallest absolute Gasteiger partial charge is 0.245 e. The molecule has 442 valence electrons. The average Bonchev–Trinajstić information content (AvgIpc) is 3.45. The topological polar surface area (TPSA) is 453 Å². The van der Waals surface area contributed by atoms with E-state index in [1.807, 2.05) is 22.6 Å². The number of hydrogen-bond acceptors (Lipinski definition) is 17. The summed E-state index contributed by atoms with van der Waals surface area (Å²) in [6.45, 7) is 1.81. The lowest BCUT2D eigenvalue weighted by atomic mass is 9.99. The molecule has 3 aromatic rings. The number of unbranched alkanes of at least 4 members (excludes halogenated alkanes) is 1. The largest absolute Gasteiger partial charge is 0.508 e. The maximum atomic E-state index is 14.8. The van der Waals surface area contributed by atoms with Crippen LogP contribution in [0.15, 0.2) is 77.8 Å². The molecule has 0 radical (unpaired) electrons. The quantitative estimate of drug-likeness (QED) is 0.0161. The van der Waals surface area contributed by atoms with Crippen LogP contribution >= 0.6 is 44.2 Å². The van der Waals surface area contributed by atoms with Crippen molar-refractivity contribution in [3.8, 4) is 11.5 Å². The van der Waals surface area contributed by atoms with E-state index in [2.05, 4.69) is 47.5 Å². The first-order valence-electron chi connectivity index (χ1n) is 25.8. The van der Waals surface area contributed by atoms with Gasteiger partial charge in [0.05, 0.1) is 22.8 Å². The van der Waals surface area contributed by atoms with Crippen molar-refractivity contribution in [3.05, 3.63) is 93.1 Å². The first-order valence-corrected chi connectivity index (χ1v) is 29.2. The molecule has 9 amide bonds. The zero-order valence-corrected chi connectivity index (χ0v) is 48.6. The fourth-order valence-electron chi connectivity index (χ4n) is 8.07. The van der Waals surface area contributed by atoms with Gasteiger partial charge in [0.2, 0.25) is 53.2 Å². The first kappa shape index (κ1) is 66.6. The molecule has 1 saturated heterocycles. The number of aromatic hydroxyl groups is 2. The van der Waals surface area contributed by atoms with Gasteiger partial charge in [-0.25, -0.2) is 0 Å². The van der Waals surface area contributed by atoms with Crippen molar-refractivity contribution in [2.75, 3.05) is 32.0 Å². The Hall–Kier alpha value is -6.93. The number of aliphatic hydroxyl groups excluding tert-OH is 1. The fourth-order valence-corrected chi connectivity index (χ4v) is 11.5. The van der Waals surface area contributed by atoms with Gasteiger partial charge in [-0.1, -0.05) is 70.1 Å². The lowest BCUT2D eigenvalue weighted by molar-refractivity contribution is -0.135. The van der Waals surface area contributed by atoms with E-state index in [0.29, 0.717) is 33.1 Å². The van der Waals surface area contributed by atoms with E-state index in [-0.39, 0.29) is 74.8 Å². The number of nitrogens with zero attached hydrogens (tertiary/aromatic N) is 1. The Morgan fingerprint density at radius 1 is 0.753 bits per heavy atom. The van der Waals surface area contributed by atoms with Crippen molar-refractivity contribution < 1.29 is 58.5 Å². The third kappa shape index (κ3) is 22.5. The van der Waals surface area contributed by atoms with E-state index in [4.69, 9.17) is 28.7 Å². The molecular weight excluding hydrogens is 1200 g/mol. The third-order valence-electron chi connectivity index (χ3n) is 12.6. The number of phenols is 2. The Balaban J connectivity index is 1.81. The summed E-state index contributed by atoms with van der Waals surface area (Å²) in [6.07, 6.45) is 0.665. The summed E-state index contributed by atoms with van der Waals surface area (Å²) in [5.74, 6) is -8.59. The van der Waals surface area contributed by atoms with Crippen molar-refractivity contribution in [2.24, 2.45) is 33.7 Å². The molecule has 81 heavy (non-hydrogen) atoms. The van der Waals surface area contributed by atoms with Crippen molar-refractivity contribution in [1.29, 1.82) is 0 Å². The molecular formula is C52H73IN14O12S2. The third-order valence-corrected chi connectivity index (χ3v) is 16.7. The summed E-state index contributed by atoms with van der Waals surface area (Å²) >= 11 is 1.88. The van der Waals surface area contributed by atoms with Gasteiger partial charge >= 0.3 is 0 Å². The number of phenolic OH excluding ortho intramolecular Hbond substituents is 2. The van der Waals surface area contributed by atoms with Crippen LogP contribution in [0, 0.1) is 3.57 Å². The molecule has 29 heteroatoms. The Bertz CT molecular complexity index is 2690. The van der Waals surface area contributed by atoms with Gasteiger partial charge in [-0.15, -0.1) is 0 Å². The number of carbonyl (C=O) groups excluding carboxylic acids is 9. The molecule has 1 heterocycles. The van der Waals surface area contributed by atoms with Crippen LogP contribution in [0.4, 0.5) is 0 Å². The second-order valence-electron chi connectivity index (χ2n) is 19.5. The fraction of sp³-hybridized carbons (Fsp3) is 0.462. The number of amides is 9. The number of halogens is 1. The highest BCUT2D eigenvalue weighted by molar-refractivity contribution is 14.1. The van der Waals surface area contributed by atoms with Crippen molar-refractivity contribution in [1.82, 2.24) is 42.5 Å². The van der Waals surface area contributed by atoms with Gasteiger partial charge in [-0.05, 0) is 122 Å². The van der Waals surface area contributed by atoms with Gasteiger partial charge in [0.15, 0.2) is 5.96 Å².